The summed E-state index contributed by atoms with van der Waals surface area (Å²) in [5, 5.41) is 37.3. The molecule has 0 radical (unpaired) electrons. The molecule has 5 rings (SSSR count). The topological polar surface area (TPSA) is 144 Å². The maximum atomic E-state index is 13.1. The molecule has 44 heavy (non-hydrogen) atoms. The number of aliphatic hydroxyl groups excluding tert-OH is 3. The van der Waals surface area contributed by atoms with Crippen molar-refractivity contribution >= 4 is 16.0 Å². The van der Waals surface area contributed by atoms with Crippen molar-refractivity contribution in [3.05, 3.63) is 35.9 Å². The lowest BCUT2D eigenvalue weighted by molar-refractivity contribution is -0.228. The van der Waals surface area contributed by atoms with Crippen LogP contribution in [0.2, 0.25) is 0 Å². The highest BCUT2D eigenvalue weighted by Crippen LogP contribution is 2.69. The lowest BCUT2D eigenvalue weighted by Crippen LogP contribution is -2.65. The molecule has 13 atom stereocenters. The number of amides is 1. The van der Waals surface area contributed by atoms with Crippen molar-refractivity contribution in [3.63, 3.8) is 0 Å². The first-order valence-corrected chi connectivity index (χ1v) is 18.6. The summed E-state index contributed by atoms with van der Waals surface area (Å²) in [4.78, 5) is 13.1. The zero-order valence-electron chi connectivity index (χ0n) is 26.9. The molecule has 4 saturated carbocycles. The van der Waals surface area contributed by atoms with Gasteiger partial charge in [0.2, 0.25) is 5.91 Å². The van der Waals surface area contributed by atoms with Gasteiger partial charge in [-0.1, -0.05) is 64.4 Å². The van der Waals surface area contributed by atoms with E-state index in [1.165, 1.54) is 0 Å². The van der Waals surface area contributed by atoms with Gasteiger partial charge in [-0.15, -0.1) is 0 Å². The molecule has 1 amide bonds. The molecule has 248 valence electrons. The first-order valence-electron chi connectivity index (χ1n) is 17.0. The molecule has 0 heterocycles. The average molecular weight is 634 g/mol. The second-order valence-corrected chi connectivity index (χ2v) is 16.9. The third kappa shape index (κ3) is 6.38. The van der Waals surface area contributed by atoms with Crippen LogP contribution in [-0.2, 0) is 21.3 Å². The predicted octanol–water partition coefficient (Wildman–Crippen LogP) is 4.62. The summed E-state index contributed by atoms with van der Waals surface area (Å²) < 4.78 is 32.9. The predicted molar refractivity (Wildman–Crippen MR) is 170 cm³/mol. The SMILES string of the molecule is CC[C@H]1[C@@H](O)[C@@H]2[C@H](C[C@H](O)[C@]3(C)[C@@H]([C@H](C)CCC(=O)N[C@H](Cc4ccccc4)CS(=O)(=O)O)CC[C@@H]23)[C@@]2(C)CC[C@@H](O)C[C@@H]12. The number of hydrogen-bond acceptors (Lipinski definition) is 6. The molecule has 0 unspecified atom stereocenters. The minimum atomic E-state index is -4.27. The third-order valence-corrected chi connectivity index (χ3v) is 14.0. The first kappa shape index (κ1) is 33.8. The third-order valence-electron chi connectivity index (χ3n) is 13.2. The smallest absolute Gasteiger partial charge is 0.266 e. The van der Waals surface area contributed by atoms with Crippen LogP contribution in [0.15, 0.2) is 30.3 Å². The molecule has 0 bridgehead atoms. The highest BCUT2D eigenvalue weighted by molar-refractivity contribution is 7.85. The van der Waals surface area contributed by atoms with Crippen LogP contribution in [0.5, 0.6) is 0 Å². The molecular formula is C35H55NO7S. The molecule has 5 N–H and O–H groups in total. The second-order valence-electron chi connectivity index (χ2n) is 15.4. The number of carbonyl (C=O) groups is 1. The van der Waals surface area contributed by atoms with Gasteiger partial charge < -0.3 is 20.6 Å². The molecule has 8 nitrogen and oxygen atoms in total. The van der Waals surface area contributed by atoms with E-state index in [1.807, 2.05) is 30.3 Å². The minimum Gasteiger partial charge on any atom is -0.393 e. The van der Waals surface area contributed by atoms with Crippen molar-refractivity contribution in [2.24, 2.45) is 52.3 Å². The van der Waals surface area contributed by atoms with Crippen molar-refractivity contribution in [2.75, 3.05) is 5.75 Å². The Morgan fingerprint density at radius 2 is 1.73 bits per heavy atom. The Morgan fingerprint density at radius 3 is 2.39 bits per heavy atom. The van der Waals surface area contributed by atoms with Crippen LogP contribution in [0.4, 0.5) is 0 Å². The zero-order valence-corrected chi connectivity index (χ0v) is 27.8. The Bertz CT molecular complexity index is 1260. The van der Waals surface area contributed by atoms with Crippen LogP contribution in [0.25, 0.3) is 0 Å². The summed E-state index contributed by atoms with van der Waals surface area (Å²) in [6.45, 7) is 8.92. The lowest BCUT2D eigenvalue weighted by Gasteiger charge is -2.65. The Labute approximate surface area is 264 Å². The fourth-order valence-electron chi connectivity index (χ4n) is 11.1. The summed E-state index contributed by atoms with van der Waals surface area (Å²) >= 11 is 0. The van der Waals surface area contributed by atoms with Crippen LogP contribution < -0.4 is 5.32 Å². The van der Waals surface area contributed by atoms with Gasteiger partial charge in [0.05, 0.1) is 24.1 Å². The molecule has 4 fully saturated rings. The maximum Gasteiger partial charge on any atom is 0.266 e. The molecule has 0 saturated heterocycles. The fourth-order valence-corrected chi connectivity index (χ4v) is 11.8. The number of nitrogens with one attached hydrogen (secondary N) is 1. The summed E-state index contributed by atoms with van der Waals surface area (Å²) in [5.74, 6) is 0.577. The van der Waals surface area contributed by atoms with Crippen LogP contribution in [0.3, 0.4) is 0 Å². The Balaban J connectivity index is 1.27. The van der Waals surface area contributed by atoms with E-state index in [0.29, 0.717) is 19.3 Å². The normalized spacial score (nSPS) is 41.6. The second kappa shape index (κ2) is 12.9. The van der Waals surface area contributed by atoms with Crippen LogP contribution in [0, 0.1) is 52.3 Å². The van der Waals surface area contributed by atoms with Gasteiger partial charge in [0.15, 0.2) is 0 Å². The molecule has 1 aromatic carbocycles. The van der Waals surface area contributed by atoms with Gasteiger partial charge in [-0.2, -0.15) is 8.42 Å². The lowest BCUT2D eigenvalue weighted by atomic mass is 9.41. The number of benzene rings is 1. The minimum absolute atomic E-state index is 0.00619. The van der Waals surface area contributed by atoms with Crippen LogP contribution in [-0.4, -0.2) is 64.3 Å². The molecule has 9 heteroatoms. The number of hydrogen-bond donors (Lipinski definition) is 5. The Hall–Kier alpha value is -1.52. The van der Waals surface area contributed by atoms with E-state index in [1.54, 1.807) is 0 Å². The quantitative estimate of drug-likeness (QED) is 0.237. The molecule has 0 aliphatic heterocycles. The van der Waals surface area contributed by atoms with Crippen molar-refractivity contribution in [1.82, 2.24) is 5.32 Å². The van der Waals surface area contributed by atoms with Crippen molar-refractivity contribution in [3.8, 4) is 0 Å². The summed E-state index contributed by atoms with van der Waals surface area (Å²) in [5.41, 5.74) is 0.532. The van der Waals surface area contributed by atoms with Crippen molar-refractivity contribution in [2.45, 2.75) is 116 Å². The van der Waals surface area contributed by atoms with Gasteiger partial charge in [0, 0.05) is 12.5 Å². The van der Waals surface area contributed by atoms with Gasteiger partial charge in [-0.25, -0.2) is 0 Å². The maximum absolute atomic E-state index is 13.1. The number of fused-ring (bicyclic) bond motifs is 5. The highest BCUT2D eigenvalue weighted by atomic mass is 32.2. The van der Waals surface area contributed by atoms with Gasteiger partial charge >= 0.3 is 0 Å². The standard InChI is InChI=1S/C35H55NO7S/c1-5-25-28-18-24(37)15-16-34(28,3)29-19-30(38)35(4)26(12-13-27(35)32(29)33(25)40)21(2)11-14-31(39)36-23(20-44(41,42)43)17-22-9-7-6-8-10-22/h6-10,21,23-30,32-33,37-38,40H,5,11-20H2,1-4H3,(H,36,39)(H,41,42,43)/t21-,23-,24-,25-,26-,27+,28+,29+,30+,32+,33-,34+,35-/m1/s1. The summed E-state index contributed by atoms with van der Waals surface area (Å²) in [6, 6.07) is 8.58. The first-order chi connectivity index (χ1) is 20.7. The Morgan fingerprint density at radius 1 is 1.02 bits per heavy atom. The average Bonchev–Trinajstić information content (AvgIpc) is 3.31. The molecular weight excluding hydrogens is 578 g/mol. The molecule has 0 spiro atoms. The van der Waals surface area contributed by atoms with Crippen LogP contribution in [0.1, 0.15) is 91.0 Å². The van der Waals surface area contributed by atoms with Crippen LogP contribution >= 0.6 is 0 Å². The number of rotatable bonds is 10. The van der Waals surface area contributed by atoms with E-state index < -0.39 is 34.1 Å². The largest absolute Gasteiger partial charge is 0.393 e. The van der Waals surface area contributed by atoms with Gasteiger partial charge in [0.25, 0.3) is 10.1 Å². The van der Waals surface area contributed by atoms with Gasteiger partial charge in [-0.3, -0.25) is 9.35 Å². The number of aliphatic hydroxyl groups is 3. The molecule has 0 aromatic heterocycles. The Kier molecular flexibility index (Phi) is 9.95. The summed E-state index contributed by atoms with van der Waals surface area (Å²) in [7, 11) is -4.27. The van der Waals surface area contributed by atoms with E-state index in [4.69, 9.17) is 0 Å². The molecule has 4 aliphatic carbocycles. The zero-order chi connectivity index (χ0) is 32.0. The van der Waals surface area contributed by atoms with E-state index >= 15 is 0 Å². The summed E-state index contributed by atoms with van der Waals surface area (Å²) in [6.07, 6.45) is 5.87. The van der Waals surface area contributed by atoms with E-state index in [0.717, 1.165) is 44.1 Å². The van der Waals surface area contributed by atoms with Gasteiger partial charge in [0.1, 0.15) is 0 Å². The monoisotopic (exact) mass is 633 g/mol. The van der Waals surface area contributed by atoms with E-state index in [9.17, 15) is 33.1 Å². The van der Waals surface area contributed by atoms with Gasteiger partial charge in [-0.05, 0) is 109 Å². The van der Waals surface area contributed by atoms with E-state index in [2.05, 4.69) is 33.0 Å². The van der Waals surface area contributed by atoms with Crippen molar-refractivity contribution in [1.29, 1.82) is 0 Å². The molecule has 1 aromatic rings. The van der Waals surface area contributed by atoms with E-state index in [-0.39, 0.29) is 70.7 Å². The highest BCUT2D eigenvalue weighted by Gasteiger charge is 2.67. The molecule has 4 aliphatic rings. The van der Waals surface area contributed by atoms with Crippen molar-refractivity contribution < 1.29 is 33.1 Å². The number of carbonyl (C=O) groups excluding carboxylic acids is 1. The fraction of sp³-hybridized carbons (Fsp3) is 0.800.